The van der Waals surface area contributed by atoms with Crippen LogP contribution in [0.5, 0.6) is 0 Å². The summed E-state index contributed by atoms with van der Waals surface area (Å²) in [5, 5.41) is 8.98. The lowest BCUT2D eigenvalue weighted by atomic mass is 10.1. The minimum Gasteiger partial charge on any atom is -0.481 e. The van der Waals surface area contributed by atoms with E-state index in [0.717, 1.165) is 6.07 Å². The smallest absolute Gasteiger partial charge is 0.419 e. The quantitative estimate of drug-likeness (QED) is 0.651. The maximum atomic E-state index is 13.8. The van der Waals surface area contributed by atoms with Crippen molar-refractivity contribution in [2.75, 3.05) is 26.2 Å². The summed E-state index contributed by atoms with van der Waals surface area (Å²) in [5.74, 6) is -2.40. The van der Waals surface area contributed by atoms with E-state index in [2.05, 4.69) is 0 Å². The Kier molecular flexibility index (Phi) is 6.91. The van der Waals surface area contributed by atoms with Crippen molar-refractivity contribution in [2.24, 2.45) is 0 Å². The Balaban J connectivity index is 1.67. The lowest BCUT2D eigenvalue weighted by molar-refractivity contribution is -0.140. The van der Waals surface area contributed by atoms with Crippen LogP contribution in [0.25, 0.3) is 0 Å². The van der Waals surface area contributed by atoms with Gasteiger partial charge in [-0.25, -0.2) is 12.8 Å². The summed E-state index contributed by atoms with van der Waals surface area (Å²) in [4.78, 5) is 12.8. The molecule has 174 valence electrons. The number of aryl methyl sites for hydroxylation is 1. The van der Waals surface area contributed by atoms with Crippen LogP contribution in [0.2, 0.25) is 0 Å². The van der Waals surface area contributed by atoms with Crippen molar-refractivity contribution in [3.05, 3.63) is 64.5 Å². The summed E-state index contributed by atoms with van der Waals surface area (Å²) < 4.78 is 79.2. The molecule has 1 N–H and O–H groups in total. The van der Waals surface area contributed by atoms with Gasteiger partial charge in [0.15, 0.2) is 0 Å². The molecule has 0 atom stereocenters. The van der Waals surface area contributed by atoms with E-state index in [4.69, 9.17) is 5.11 Å². The maximum absolute atomic E-state index is 13.8. The summed E-state index contributed by atoms with van der Waals surface area (Å²) >= 11 is 0. The maximum Gasteiger partial charge on any atom is 0.419 e. The van der Waals surface area contributed by atoms with Crippen LogP contribution in [-0.4, -0.2) is 54.9 Å². The average molecular weight is 474 g/mol. The number of carbonyl (C=O) groups is 1. The molecule has 0 aromatic heterocycles. The van der Waals surface area contributed by atoms with Gasteiger partial charge in [-0.2, -0.15) is 17.5 Å². The Hall–Kier alpha value is -2.50. The number of hydrogen-bond donors (Lipinski definition) is 1. The standard InChI is InChI=1S/C21H22F4N2O4S/c1-14-8-16(12-20(28)29)10-17(9-14)32(30,31)27-6-4-26(5-7-27)13-15-2-3-18(19(22)11-15)21(23,24)25/h2-3,8-11H,4-7,12-13H2,1H3,(H,28,29). The fourth-order valence-electron chi connectivity index (χ4n) is 3.67. The Morgan fingerprint density at radius 3 is 2.25 bits per heavy atom. The average Bonchev–Trinajstić information content (AvgIpc) is 2.66. The molecule has 0 radical (unpaired) electrons. The number of carboxylic acid groups (broad SMARTS) is 1. The first-order valence-electron chi connectivity index (χ1n) is 9.77. The zero-order valence-electron chi connectivity index (χ0n) is 17.2. The van der Waals surface area contributed by atoms with Crippen molar-refractivity contribution < 1.29 is 35.9 Å². The molecule has 6 nitrogen and oxygen atoms in total. The topological polar surface area (TPSA) is 77.9 Å². The van der Waals surface area contributed by atoms with Gasteiger partial charge in [-0.3, -0.25) is 9.69 Å². The second-order valence-corrected chi connectivity index (χ2v) is 9.65. The van der Waals surface area contributed by atoms with Gasteiger partial charge >= 0.3 is 12.1 Å². The minimum atomic E-state index is -4.76. The highest BCUT2D eigenvalue weighted by molar-refractivity contribution is 7.89. The molecule has 2 aromatic carbocycles. The third kappa shape index (κ3) is 5.64. The molecule has 1 aliphatic rings. The van der Waals surface area contributed by atoms with Gasteiger partial charge in [0.2, 0.25) is 10.0 Å². The van der Waals surface area contributed by atoms with Crippen LogP contribution in [0.4, 0.5) is 17.6 Å². The number of nitrogens with zero attached hydrogens (tertiary/aromatic N) is 2. The predicted molar refractivity (Wildman–Crippen MR) is 108 cm³/mol. The van der Waals surface area contributed by atoms with Crippen LogP contribution in [0.15, 0.2) is 41.3 Å². The third-order valence-electron chi connectivity index (χ3n) is 5.18. The van der Waals surface area contributed by atoms with Crippen LogP contribution in [0.1, 0.15) is 22.3 Å². The van der Waals surface area contributed by atoms with E-state index < -0.39 is 33.5 Å². The number of alkyl halides is 3. The second kappa shape index (κ2) is 9.16. The van der Waals surface area contributed by atoms with E-state index in [-0.39, 0.29) is 31.0 Å². The number of halogens is 4. The number of hydrogen-bond acceptors (Lipinski definition) is 4. The van der Waals surface area contributed by atoms with Crippen molar-refractivity contribution in [2.45, 2.75) is 31.0 Å². The number of piperazine rings is 1. The van der Waals surface area contributed by atoms with Crippen molar-refractivity contribution in [1.29, 1.82) is 0 Å². The number of rotatable bonds is 6. The van der Waals surface area contributed by atoms with Crippen molar-refractivity contribution in [3.8, 4) is 0 Å². The fraction of sp³-hybridized carbons (Fsp3) is 0.381. The molecule has 0 aliphatic carbocycles. The first kappa shape index (κ1) is 24.1. The summed E-state index contributed by atoms with van der Waals surface area (Å²) in [6.07, 6.45) is -5.05. The molecule has 2 aromatic rings. The highest BCUT2D eigenvalue weighted by Crippen LogP contribution is 2.32. The van der Waals surface area contributed by atoms with Crippen molar-refractivity contribution in [1.82, 2.24) is 9.21 Å². The lowest BCUT2D eigenvalue weighted by Gasteiger charge is -2.34. The highest BCUT2D eigenvalue weighted by atomic mass is 32.2. The van der Waals surface area contributed by atoms with E-state index in [1.165, 1.54) is 22.5 Å². The van der Waals surface area contributed by atoms with E-state index >= 15 is 0 Å². The number of sulfonamides is 1. The first-order valence-corrected chi connectivity index (χ1v) is 11.2. The fourth-order valence-corrected chi connectivity index (χ4v) is 5.25. The summed E-state index contributed by atoms with van der Waals surface area (Å²) in [5.41, 5.74) is 0.0609. The van der Waals surface area contributed by atoms with E-state index in [0.29, 0.717) is 35.8 Å². The normalized spacial score (nSPS) is 16.3. The van der Waals surface area contributed by atoms with Gasteiger partial charge in [0, 0.05) is 32.7 Å². The summed E-state index contributed by atoms with van der Waals surface area (Å²) in [6, 6.07) is 7.23. The number of carboxylic acids is 1. The molecule has 0 spiro atoms. The molecule has 3 rings (SSSR count). The molecule has 0 amide bonds. The van der Waals surface area contributed by atoms with Crippen molar-refractivity contribution >= 4 is 16.0 Å². The molecule has 1 aliphatic heterocycles. The van der Waals surface area contributed by atoms with Gasteiger partial charge < -0.3 is 5.11 Å². The molecule has 11 heteroatoms. The Morgan fingerprint density at radius 2 is 1.69 bits per heavy atom. The van der Waals surface area contributed by atoms with E-state index in [9.17, 15) is 30.8 Å². The van der Waals surface area contributed by atoms with Gasteiger partial charge in [0.25, 0.3) is 0 Å². The molecule has 1 saturated heterocycles. The summed E-state index contributed by atoms with van der Waals surface area (Å²) in [7, 11) is -3.84. The molecule has 0 unspecified atom stereocenters. The largest absolute Gasteiger partial charge is 0.481 e. The number of aliphatic carboxylic acids is 1. The lowest BCUT2D eigenvalue weighted by Crippen LogP contribution is -2.48. The molecular formula is C21H22F4N2O4S. The molecular weight excluding hydrogens is 452 g/mol. The van der Waals surface area contributed by atoms with Gasteiger partial charge in [-0.15, -0.1) is 0 Å². The Bertz CT molecular complexity index is 1110. The Labute approximate surface area is 183 Å². The monoisotopic (exact) mass is 474 g/mol. The first-order chi connectivity index (χ1) is 14.9. The van der Waals surface area contributed by atoms with Gasteiger partial charge in [0.05, 0.1) is 16.9 Å². The minimum absolute atomic E-state index is 0.0204. The molecule has 1 heterocycles. The van der Waals surface area contributed by atoms with Crippen molar-refractivity contribution in [3.63, 3.8) is 0 Å². The molecule has 0 bridgehead atoms. The highest BCUT2D eigenvalue weighted by Gasteiger charge is 2.34. The van der Waals surface area contributed by atoms with E-state index in [1.54, 1.807) is 13.0 Å². The second-order valence-electron chi connectivity index (χ2n) is 7.72. The van der Waals surface area contributed by atoms with Crippen LogP contribution >= 0.6 is 0 Å². The third-order valence-corrected chi connectivity index (χ3v) is 7.06. The van der Waals surface area contributed by atoms with Crippen LogP contribution in [0.3, 0.4) is 0 Å². The molecule has 32 heavy (non-hydrogen) atoms. The molecule has 0 saturated carbocycles. The van der Waals surface area contributed by atoms with Gasteiger partial charge in [-0.05, 0) is 47.9 Å². The Morgan fingerprint density at radius 1 is 1.03 bits per heavy atom. The van der Waals surface area contributed by atoms with Gasteiger partial charge in [-0.1, -0.05) is 12.1 Å². The molecule has 1 fully saturated rings. The van der Waals surface area contributed by atoms with Crippen LogP contribution in [0, 0.1) is 12.7 Å². The zero-order valence-corrected chi connectivity index (χ0v) is 18.0. The van der Waals surface area contributed by atoms with Crippen LogP contribution < -0.4 is 0 Å². The zero-order chi connectivity index (χ0) is 23.7. The SMILES string of the molecule is Cc1cc(CC(=O)O)cc(S(=O)(=O)N2CCN(Cc3ccc(C(F)(F)F)c(F)c3)CC2)c1. The van der Waals surface area contributed by atoms with Crippen LogP contribution in [-0.2, 0) is 34.0 Å². The predicted octanol–water partition coefficient (Wildman–Crippen LogP) is 3.29. The summed E-state index contributed by atoms with van der Waals surface area (Å²) in [6.45, 7) is 2.80. The van der Waals surface area contributed by atoms with E-state index in [1.807, 2.05) is 4.90 Å². The van der Waals surface area contributed by atoms with Gasteiger partial charge in [0.1, 0.15) is 5.82 Å². The number of benzene rings is 2.